The summed E-state index contributed by atoms with van der Waals surface area (Å²) in [6.45, 7) is 9.08. The molecule has 0 N–H and O–H groups in total. The van der Waals surface area contributed by atoms with E-state index < -0.39 is 5.60 Å². The monoisotopic (exact) mass is 229 g/mol. The minimum Gasteiger partial charge on any atom is -0.444 e. The fourth-order valence-corrected chi connectivity index (χ4v) is 1.93. The van der Waals surface area contributed by atoms with E-state index in [0.717, 1.165) is 19.4 Å². The van der Waals surface area contributed by atoms with Crippen LogP contribution in [0.2, 0.25) is 0 Å². The summed E-state index contributed by atoms with van der Waals surface area (Å²) in [5, 5.41) is 0. The molecule has 1 rings (SSSR count). The number of methoxy groups -OCH3 is 1. The number of hydrogen-bond donors (Lipinski definition) is 0. The molecule has 0 saturated carbocycles. The van der Waals surface area contributed by atoms with E-state index in [1.807, 2.05) is 20.8 Å². The lowest BCUT2D eigenvalue weighted by molar-refractivity contribution is -0.0118. The highest BCUT2D eigenvalue weighted by molar-refractivity contribution is 5.68. The summed E-state index contributed by atoms with van der Waals surface area (Å²) in [6.07, 6.45) is 1.57. The van der Waals surface area contributed by atoms with Crippen LogP contribution in [0.3, 0.4) is 0 Å². The number of nitrogens with zero attached hydrogens (tertiary/aromatic N) is 1. The largest absolute Gasteiger partial charge is 0.444 e. The highest BCUT2D eigenvalue weighted by Crippen LogP contribution is 2.28. The lowest BCUT2D eigenvalue weighted by atomic mass is 10.0. The molecule has 4 nitrogen and oxygen atoms in total. The molecular formula is C12H23NO3. The average molecular weight is 229 g/mol. The van der Waals surface area contributed by atoms with E-state index in [9.17, 15) is 4.79 Å². The maximum atomic E-state index is 11.8. The van der Waals surface area contributed by atoms with Gasteiger partial charge in [-0.25, -0.2) is 4.79 Å². The predicted molar refractivity (Wildman–Crippen MR) is 62.5 cm³/mol. The zero-order valence-electron chi connectivity index (χ0n) is 11.0. The van der Waals surface area contributed by atoms with E-state index in [0.29, 0.717) is 6.54 Å². The van der Waals surface area contributed by atoms with Crippen LogP contribution in [-0.2, 0) is 9.47 Å². The molecule has 1 aliphatic rings. The van der Waals surface area contributed by atoms with Crippen LogP contribution in [0.25, 0.3) is 0 Å². The minimum absolute atomic E-state index is 0.170. The minimum atomic E-state index is -0.429. The first kappa shape index (κ1) is 13.3. The van der Waals surface area contributed by atoms with E-state index >= 15 is 0 Å². The fourth-order valence-electron chi connectivity index (χ4n) is 1.93. The Labute approximate surface area is 97.9 Å². The van der Waals surface area contributed by atoms with Crippen LogP contribution in [-0.4, -0.2) is 42.4 Å². The fraction of sp³-hybridized carbons (Fsp3) is 0.917. The number of hydrogen-bond acceptors (Lipinski definition) is 3. The van der Waals surface area contributed by atoms with Gasteiger partial charge in [-0.15, -0.1) is 0 Å². The molecule has 16 heavy (non-hydrogen) atoms. The van der Waals surface area contributed by atoms with Crippen molar-refractivity contribution in [3.05, 3.63) is 0 Å². The second kappa shape index (κ2) is 4.62. The molecular weight excluding hydrogens is 206 g/mol. The maximum absolute atomic E-state index is 11.8. The van der Waals surface area contributed by atoms with Gasteiger partial charge >= 0.3 is 6.09 Å². The number of rotatable bonds is 2. The first-order chi connectivity index (χ1) is 7.32. The van der Waals surface area contributed by atoms with E-state index in [-0.39, 0.29) is 11.7 Å². The number of ether oxygens (including phenoxy) is 2. The van der Waals surface area contributed by atoms with Crippen LogP contribution in [0.5, 0.6) is 0 Å². The predicted octanol–water partition coefficient (Wildman–Crippen LogP) is 2.42. The summed E-state index contributed by atoms with van der Waals surface area (Å²) in [5.74, 6) is 0. The highest BCUT2D eigenvalue weighted by Gasteiger charge is 2.40. The van der Waals surface area contributed by atoms with Crippen LogP contribution in [0, 0.1) is 0 Å². The van der Waals surface area contributed by atoms with Gasteiger partial charge in [0.2, 0.25) is 0 Å². The van der Waals surface area contributed by atoms with Gasteiger partial charge in [-0.3, -0.25) is 0 Å². The van der Waals surface area contributed by atoms with Gasteiger partial charge < -0.3 is 14.4 Å². The normalized spacial score (nSPS) is 25.9. The van der Waals surface area contributed by atoms with E-state index in [1.165, 1.54) is 0 Å². The quantitative estimate of drug-likeness (QED) is 0.730. The Kier molecular flexibility index (Phi) is 3.84. The first-order valence-electron chi connectivity index (χ1n) is 5.85. The molecule has 4 heteroatoms. The average Bonchev–Trinajstić information content (AvgIpc) is 2.60. The standard InChI is InChI=1S/C12H23NO3/c1-6-12(15-5)7-8-13(9-12)10(14)16-11(2,3)4/h6-9H2,1-5H3. The molecule has 1 aliphatic heterocycles. The summed E-state index contributed by atoms with van der Waals surface area (Å²) >= 11 is 0. The zero-order chi connectivity index (χ0) is 12.4. The van der Waals surface area contributed by atoms with Crippen molar-refractivity contribution in [2.45, 2.75) is 51.7 Å². The summed E-state index contributed by atoms with van der Waals surface area (Å²) in [6, 6.07) is 0. The lowest BCUT2D eigenvalue weighted by Crippen LogP contribution is -2.39. The molecule has 0 aromatic heterocycles. The molecule has 0 aromatic rings. The van der Waals surface area contributed by atoms with Gasteiger partial charge in [-0.2, -0.15) is 0 Å². The van der Waals surface area contributed by atoms with Gasteiger partial charge in [0.1, 0.15) is 5.60 Å². The highest BCUT2D eigenvalue weighted by atomic mass is 16.6. The van der Waals surface area contributed by atoms with Crippen LogP contribution < -0.4 is 0 Å². The SMILES string of the molecule is CCC1(OC)CCN(C(=O)OC(C)(C)C)C1. The van der Waals surface area contributed by atoms with Gasteiger partial charge in [0, 0.05) is 13.7 Å². The Morgan fingerprint density at radius 1 is 1.44 bits per heavy atom. The molecule has 1 fully saturated rings. The number of likely N-dealkylation sites (tertiary alicyclic amines) is 1. The third-order valence-corrected chi connectivity index (χ3v) is 3.05. The van der Waals surface area contributed by atoms with E-state index in [1.54, 1.807) is 12.0 Å². The van der Waals surface area contributed by atoms with Crippen molar-refractivity contribution in [1.82, 2.24) is 4.90 Å². The molecule has 0 aromatic carbocycles. The number of amides is 1. The molecule has 1 heterocycles. The molecule has 1 amide bonds. The van der Waals surface area contributed by atoms with Crippen molar-refractivity contribution >= 4 is 6.09 Å². The number of carbonyl (C=O) groups is 1. The summed E-state index contributed by atoms with van der Waals surface area (Å²) in [5.41, 5.74) is -0.599. The van der Waals surface area contributed by atoms with Gasteiger partial charge in [-0.05, 0) is 33.6 Å². The molecule has 94 valence electrons. The van der Waals surface area contributed by atoms with Crippen molar-refractivity contribution in [2.24, 2.45) is 0 Å². The second-order valence-electron chi connectivity index (χ2n) is 5.39. The summed E-state index contributed by atoms with van der Waals surface area (Å²) in [4.78, 5) is 13.6. The van der Waals surface area contributed by atoms with Crippen LogP contribution in [0.4, 0.5) is 4.79 Å². The van der Waals surface area contributed by atoms with E-state index in [4.69, 9.17) is 9.47 Å². The van der Waals surface area contributed by atoms with Crippen molar-refractivity contribution in [2.75, 3.05) is 20.2 Å². The molecule has 1 unspecified atom stereocenters. The lowest BCUT2D eigenvalue weighted by Gasteiger charge is -2.28. The topological polar surface area (TPSA) is 38.8 Å². The van der Waals surface area contributed by atoms with Crippen molar-refractivity contribution in [3.63, 3.8) is 0 Å². The Balaban J connectivity index is 2.56. The molecule has 1 atom stereocenters. The third kappa shape index (κ3) is 3.11. The van der Waals surface area contributed by atoms with Crippen molar-refractivity contribution < 1.29 is 14.3 Å². The van der Waals surface area contributed by atoms with Gasteiger partial charge in [0.05, 0.1) is 12.1 Å². The first-order valence-corrected chi connectivity index (χ1v) is 5.85. The summed E-state index contributed by atoms with van der Waals surface area (Å²) < 4.78 is 10.8. The Hall–Kier alpha value is -0.770. The van der Waals surface area contributed by atoms with Gasteiger partial charge in [-0.1, -0.05) is 6.92 Å². The van der Waals surface area contributed by atoms with Crippen LogP contribution in [0.1, 0.15) is 40.5 Å². The van der Waals surface area contributed by atoms with Gasteiger partial charge in [0.15, 0.2) is 0 Å². The van der Waals surface area contributed by atoms with Crippen molar-refractivity contribution in [3.8, 4) is 0 Å². The molecule has 0 spiro atoms. The molecule has 0 radical (unpaired) electrons. The smallest absolute Gasteiger partial charge is 0.410 e. The molecule has 0 bridgehead atoms. The third-order valence-electron chi connectivity index (χ3n) is 3.05. The Morgan fingerprint density at radius 3 is 2.44 bits per heavy atom. The van der Waals surface area contributed by atoms with Crippen LogP contribution in [0.15, 0.2) is 0 Å². The molecule has 0 aliphatic carbocycles. The van der Waals surface area contributed by atoms with E-state index in [2.05, 4.69) is 6.92 Å². The maximum Gasteiger partial charge on any atom is 0.410 e. The second-order valence-corrected chi connectivity index (χ2v) is 5.39. The zero-order valence-corrected chi connectivity index (χ0v) is 11.0. The van der Waals surface area contributed by atoms with Gasteiger partial charge in [0.25, 0.3) is 0 Å². The molecule has 1 saturated heterocycles. The Morgan fingerprint density at radius 2 is 2.06 bits per heavy atom. The van der Waals surface area contributed by atoms with Crippen LogP contribution >= 0.6 is 0 Å². The van der Waals surface area contributed by atoms with Crippen molar-refractivity contribution in [1.29, 1.82) is 0 Å². The summed E-state index contributed by atoms with van der Waals surface area (Å²) in [7, 11) is 1.71. The number of carbonyl (C=O) groups excluding carboxylic acids is 1. The Bertz CT molecular complexity index is 253.